The summed E-state index contributed by atoms with van der Waals surface area (Å²) in [5, 5.41) is 9.53. The van der Waals surface area contributed by atoms with E-state index in [0.29, 0.717) is 30.5 Å². The van der Waals surface area contributed by atoms with Crippen LogP contribution in [-0.4, -0.2) is 24.4 Å². The Kier molecular flexibility index (Phi) is 5.59. The molecule has 110 valence electrons. The molecule has 0 bridgehead atoms. The molecule has 1 aromatic rings. The Morgan fingerprint density at radius 2 is 2.15 bits per heavy atom. The normalized spacial score (nSPS) is 22.2. The molecule has 2 N–H and O–H groups in total. The molecule has 0 unspecified atom stereocenters. The maximum atomic E-state index is 11.9. The second-order valence-corrected chi connectivity index (χ2v) is 6.23. The Morgan fingerprint density at radius 1 is 1.35 bits per heavy atom. The average Bonchev–Trinajstić information content (AvgIpc) is 2.95. The van der Waals surface area contributed by atoms with Crippen molar-refractivity contribution in [2.75, 3.05) is 6.54 Å². The summed E-state index contributed by atoms with van der Waals surface area (Å²) in [7, 11) is 0. The van der Waals surface area contributed by atoms with Gasteiger partial charge in [0.25, 0.3) is 5.91 Å². The van der Waals surface area contributed by atoms with E-state index in [0.717, 1.165) is 6.42 Å². The van der Waals surface area contributed by atoms with Crippen LogP contribution < -0.4 is 10.6 Å². The van der Waals surface area contributed by atoms with E-state index in [1.807, 2.05) is 5.38 Å². The largest absolute Gasteiger partial charge is 0.353 e. The maximum Gasteiger partial charge on any atom is 0.252 e. The van der Waals surface area contributed by atoms with E-state index in [9.17, 15) is 9.59 Å². The van der Waals surface area contributed by atoms with Crippen molar-refractivity contribution >= 4 is 23.2 Å². The molecule has 0 radical (unpaired) electrons. The van der Waals surface area contributed by atoms with Gasteiger partial charge in [0.05, 0.1) is 0 Å². The Balaban J connectivity index is 1.66. The standard InChI is InChI=1S/C15H22N2O2S/c1-11-4-2-3-5-13(11)17-14(18)6-8-16-15(19)12-7-9-20-10-12/h7,9-11,13H,2-6,8H2,1H3,(H,16,19)(H,17,18)/t11-,13+/m0/s1. The number of carbonyl (C=O) groups excluding carboxylic acids is 2. The van der Waals surface area contributed by atoms with Crippen LogP contribution in [0.4, 0.5) is 0 Å². The lowest BCUT2D eigenvalue weighted by Gasteiger charge is -2.29. The van der Waals surface area contributed by atoms with Gasteiger partial charge in [-0.2, -0.15) is 11.3 Å². The highest BCUT2D eigenvalue weighted by Gasteiger charge is 2.22. The summed E-state index contributed by atoms with van der Waals surface area (Å²) in [5.74, 6) is 0.493. The fourth-order valence-electron chi connectivity index (χ4n) is 2.59. The summed E-state index contributed by atoms with van der Waals surface area (Å²) in [6.45, 7) is 2.59. The number of nitrogens with one attached hydrogen (secondary N) is 2. The van der Waals surface area contributed by atoms with Gasteiger partial charge in [0.2, 0.25) is 5.91 Å². The third kappa shape index (κ3) is 4.34. The Morgan fingerprint density at radius 3 is 2.85 bits per heavy atom. The number of amides is 2. The van der Waals surface area contributed by atoms with E-state index in [2.05, 4.69) is 17.6 Å². The summed E-state index contributed by atoms with van der Waals surface area (Å²) < 4.78 is 0. The SMILES string of the molecule is C[C@H]1CCCC[C@H]1NC(=O)CCNC(=O)c1ccsc1. The zero-order valence-electron chi connectivity index (χ0n) is 11.9. The van der Waals surface area contributed by atoms with Gasteiger partial charge in [0, 0.05) is 30.0 Å². The van der Waals surface area contributed by atoms with Crippen molar-refractivity contribution in [2.45, 2.75) is 45.1 Å². The van der Waals surface area contributed by atoms with Crippen LogP contribution >= 0.6 is 11.3 Å². The number of carbonyl (C=O) groups is 2. The molecule has 2 amide bonds. The van der Waals surface area contributed by atoms with Crippen molar-refractivity contribution in [1.29, 1.82) is 0 Å². The van der Waals surface area contributed by atoms with Gasteiger partial charge in [0.15, 0.2) is 0 Å². The van der Waals surface area contributed by atoms with Crippen LogP contribution in [0.15, 0.2) is 16.8 Å². The van der Waals surface area contributed by atoms with Gasteiger partial charge in [-0.1, -0.05) is 19.8 Å². The van der Waals surface area contributed by atoms with Crippen molar-refractivity contribution < 1.29 is 9.59 Å². The summed E-state index contributed by atoms with van der Waals surface area (Å²) in [4.78, 5) is 23.6. The van der Waals surface area contributed by atoms with E-state index in [-0.39, 0.29) is 11.8 Å². The van der Waals surface area contributed by atoms with Crippen molar-refractivity contribution in [2.24, 2.45) is 5.92 Å². The van der Waals surface area contributed by atoms with Crippen molar-refractivity contribution in [3.8, 4) is 0 Å². The van der Waals surface area contributed by atoms with Gasteiger partial charge in [-0.3, -0.25) is 9.59 Å². The number of hydrogen-bond donors (Lipinski definition) is 2. The molecule has 2 rings (SSSR count). The summed E-state index contributed by atoms with van der Waals surface area (Å²) >= 11 is 1.49. The summed E-state index contributed by atoms with van der Waals surface area (Å²) in [5.41, 5.74) is 0.663. The Bertz CT molecular complexity index is 445. The minimum atomic E-state index is -0.106. The Labute approximate surface area is 124 Å². The lowest BCUT2D eigenvalue weighted by molar-refractivity contribution is -0.122. The first kappa shape index (κ1) is 15.0. The molecule has 0 aromatic carbocycles. The second-order valence-electron chi connectivity index (χ2n) is 5.45. The number of thiophene rings is 1. The van der Waals surface area contributed by atoms with Crippen LogP contribution in [0, 0.1) is 5.92 Å². The van der Waals surface area contributed by atoms with Gasteiger partial charge in [0.1, 0.15) is 0 Å². The first-order chi connectivity index (χ1) is 9.66. The van der Waals surface area contributed by atoms with Crippen LogP contribution in [0.5, 0.6) is 0 Å². The highest BCUT2D eigenvalue weighted by atomic mass is 32.1. The topological polar surface area (TPSA) is 58.2 Å². The third-order valence-electron chi connectivity index (χ3n) is 3.88. The minimum Gasteiger partial charge on any atom is -0.353 e. The zero-order chi connectivity index (χ0) is 14.4. The van der Waals surface area contributed by atoms with Gasteiger partial charge in [-0.25, -0.2) is 0 Å². The minimum absolute atomic E-state index is 0.0365. The van der Waals surface area contributed by atoms with Crippen LogP contribution in [-0.2, 0) is 4.79 Å². The molecule has 1 heterocycles. The predicted octanol–water partition coefficient (Wildman–Crippen LogP) is 2.56. The highest BCUT2D eigenvalue weighted by molar-refractivity contribution is 7.08. The molecule has 5 heteroatoms. The van der Waals surface area contributed by atoms with Crippen LogP contribution in [0.2, 0.25) is 0 Å². The smallest absolute Gasteiger partial charge is 0.252 e. The molecule has 0 spiro atoms. The van der Waals surface area contributed by atoms with Crippen molar-refractivity contribution in [3.63, 3.8) is 0 Å². The molecule has 1 aliphatic carbocycles. The van der Waals surface area contributed by atoms with Gasteiger partial charge < -0.3 is 10.6 Å². The molecule has 0 saturated heterocycles. The molecule has 1 fully saturated rings. The maximum absolute atomic E-state index is 11.9. The second kappa shape index (κ2) is 7.43. The van der Waals surface area contributed by atoms with Gasteiger partial charge in [-0.05, 0) is 30.2 Å². The van der Waals surface area contributed by atoms with Crippen LogP contribution in [0.25, 0.3) is 0 Å². The number of hydrogen-bond acceptors (Lipinski definition) is 3. The molecule has 1 saturated carbocycles. The molecule has 1 aromatic heterocycles. The van der Waals surface area contributed by atoms with E-state index in [1.54, 1.807) is 11.4 Å². The van der Waals surface area contributed by atoms with Gasteiger partial charge >= 0.3 is 0 Å². The van der Waals surface area contributed by atoms with E-state index >= 15 is 0 Å². The van der Waals surface area contributed by atoms with E-state index in [1.165, 1.54) is 30.6 Å². The Hall–Kier alpha value is -1.36. The third-order valence-corrected chi connectivity index (χ3v) is 4.56. The molecule has 4 nitrogen and oxygen atoms in total. The van der Waals surface area contributed by atoms with Crippen molar-refractivity contribution in [1.82, 2.24) is 10.6 Å². The fourth-order valence-corrected chi connectivity index (χ4v) is 3.23. The first-order valence-corrected chi connectivity index (χ1v) is 8.21. The quantitative estimate of drug-likeness (QED) is 0.877. The average molecular weight is 294 g/mol. The molecule has 20 heavy (non-hydrogen) atoms. The van der Waals surface area contributed by atoms with Crippen molar-refractivity contribution in [3.05, 3.63) is 22.4 Å². The highest BCUT2D eigenvalue weighted by Crippen LogP contribution is 2.23. The molecule has 0 aliphatic heterocycles. The summed E-state index contributed by atoms with van der Waals surface area (Å²) in [6.07, 6.45) is 5.08. The monoisotopic (exact) mass is 294 g/mol. The lowest BCUT2D eigenvalue weighted by Crippen LogP contribution is -2.42. The van der Waals surface area contributed by atoms with Crippen LogP contribution in [0.1, 0.15) is 49.4 Å². The molecule has 1 aliphatic rings. The summed E-state index contributed by atoms with van der Waals surface area (Å²) in [6, 6.07) is 2.09. The zero-order valence-corrected chi connectivity index (χ0v) is 12.7. The lowest BCUT2D eigenvalue weighted by atomic mass is 9.86. The van der Waals surface area contributed by atoms with E-state index < -0.39 is 0 Å². The molecular weight excluding hydrogens is 272 g/mol. The van der Waals surface area contributed by atoms with Crippen LogP contribution in [0.3, 0.4) is 0 Å². The molecule has 2 atom stereocenters. The predicted molar refractivity (Wildman–Crippen MR) is 80.8 cm³/mol. The number of rotatable bonds is 5. The van der Waals surface area contributed by atoms with E-state index in [4.69, 9.17) is 0 Å². The fraction of sp³-hybridized carbons (Fsp3) is 0.600. The molecular formula is C15H22N2O2S. The van der Waals surface area contributed by atoms with Gasteiger partial charge in [-0.15, -0.1) is 0 Å². The first-order valence-electron chi connectivity index (χ1n) is 7.26.